The summed E-state index contributed by atoms with van der Waals surface area (Å²) < 4.78 is 25.5. The highest BCUT2D eigenvalue weighted by Crippen LogP contribution is 2.27. The molecule has 2 rings (SSSR count). The monoisotopic (exact) mass is 276 g/mol. The first kappa shape index (κ1) is 14.9. The van der Waals surface area contributed by atoms with E-state index in [2.05, 4.69) is 10.6 Å². The molecular weight excluding hydrogens is 262 g/mol. The van der Waals surface area contributed by atoms with Gasteiger partial charge in [-0.25, -0.2) is 8.78 Å². The highest BCUT2D eigenvalue weighted by molar-refractivity contribution is 5.92. The maximum atomic E-state index is 12.9. The average molecular weight is 277 g/mol. The maximum absolute atomic E-state index is 12.9. The van der Waals surface area contributed by atoms with Gasteiger partial charge in [0.2, 0.25) is 5.91 Å². The summed E-state index contributed by atoms with van der Waals surface area (Å²) >= 11 is 0. The van der Waals surface area contributed by atoms with Gasteiger partial charge in [-0.05, 0) is 37.4 Å². The normalized spacial score (nSPS) is 13.9. The molecule has 1 amide bonds. The van der Waals surface area contributed by atoms with Gasteiger partial charge in [0.1, 0.15) is 0 Å². The highest BCUT2D eigenvalue weighted by Gasteiger charge is 2.20. The predicted octanol–water partition coefficient (Wildman–Crippen LogP) is 2.32. The molecule has 0 unspecified atom stereocenters. The highest BCUT2D eigenvalue weighted by atomic mass is 35.5. The Kier molecular flexibility index (Phi) is 5.50. The van der Waals surface area contributed by atoms with Crippen molar-refractivity contribution < 1.29 is 13.6 Å². The standard InChI is InChI=1S/C12H14F2N2O.ClH/c13-10-4-3-9(5-11(10)14)16-12(17)7-15-6-8-1-2-8;/h3-5,8,15H,1-2,6-7H2,(H,16,17);1H. The molecule has 1 saturated carbocycles. The number of carbonyl (C=O) groups excluding carboxylic acids is 1. The van der Waals surface area contributed by atoms with E-state index < -0.39 is 11.6 Å². The Hall–Kier alpha value is -1.20. The number of halogens is 3. The van der Waals surface area contributed by atoms with E-state index in [-0.39, 0.29) is 30.5 Å². The summed E-state index contributed by atoms with van der Waals surface area (Å²) in [4.78, 5) is 11.4. The summed E-state index contributed by atoms with van der Waals surface area (Å²) in [6.45, 7) is 1.03. The molecule has 2 N–H and O–H groups in total. The van der Waals surface area contributed by atoms with Crippen molar-refractivity contribution >= 4 is 24.0 Å². The predicted molar refractivity (Wildman–Crippen MR) is 67.8 cm³/mol. The van der Waals surface area contributed by atoms with Crippen molar-refractivity contribution in [3.8, 4) is 0 Å². The van der Waals surface area contributed by atoms with Crippen molar-refractivity contribution in [3.05, 3.63) is 29.8 Å². The van der Waals surface area contributed by atoms with Crippen molar-refractivity contribution in [1.82, 2.24) is 5.32 Å². The number of amides is 1. The van der Waals surface area contributed by atoms with Crippen LogP contribution in [0.3, 0.4) is 0 Å². The van der Waals surface area contributed by atoms with Crippen LogP contribution >= 0.6 is 12.4 Å². The van der Waals surface area contributed by atoms with Gasteiger partial charge in [0, 0.05) is 11.8 Å². The molecule has 1 fully saturated rings. The van der Waals surface area contributed by atoms with Crippen LogP contribution in [0.15, 0.2) is 18.2 Å². The van der Waals surface area contributed by atoms with Crippen LogP contribution in [-0.2, 0) is 4.79 Å². The summed E-state index contributed by atoms with van der Waals surface area (Å²) in [6.07, 6.45) is 2.44. The number of benzene rings is 1. The Labute approximate surface area is 110 Å². The van der Waals surface area contributed by atoms with Crippen molar-refractivity contribution in [2.45, 2.75) is 12.8 Å². The molecule has 1 aliphatic carbocycles. The van der Waals surface area contributed by atoms with Crippen molar-refractivity contribution in [3.63, 3.8) is 0 Å². The number of rotatable bonds is 5. The van der Waals surface area contributed by atoms with Crippen LogP contribution in [-0.4, -0.2) is 19.0 Å². The molecule has 1 aromatic carbocycles. The van der Waals surface area contributed by atoms with Gasteiger partial charge in [-0.3, -0.25) is 4.79 Å². The summed E-state index contributed by atoms with van der Waals surface area (Å²) in [5.74, 6) is -1.44. The van der Waals surface area contributed by atoms with E-state index >= 15 is 0 Å². The third-order valence-electron chi connectivity index (χ3n) is 2.62. The lowest BCUT2D eigenvalue weighted by atomic mass is 10.3. The summed E-state index contributed by atoms with van der Waals surface area (Å²) in [5.41, 5.74) is 0.266. The molecule has 100 valence electrons. The van der Waals surface area contributed by atoms with Gasteiger partial charge in [-0.15, -0.1) is 12.4 Å². The van der Waals surface area contributed by atoms with Gasteiger partial charge in [0.15, 0.2) is 11.6 Å². The van der Waals surface area contributed by atoms with Gasteiger partial charge in [0.05, 0.1) is 6.54 Å². The van der Waals surface area contributed by atoms with E-state index in [1.54, 1.807) is 0 Å². The molecule has 1 aromatic rings. The first-order valence-corrected chi connectivity index (χ1v) is 5.61. The van der Waals surface area contributed by atoms with Gasteiger partial charge >= 0.3 is 0 Å². The lowest BCUT2D eigenvalue weighted by Crippen LogP contribution is -2.29. The fraction of sp³-hybridized carbons (Fsp3) is 0.417. The van der Waals surface area contributed by atoms with E-state index in [1.165, 1.54) is 18.9 Å². The Morgan fingerprint density at radius 3 is 2.61 bits per heavy atom. The Morgan fingerprint density at radius 1 is 1.28 bits per heavy atom. The van der Waals surface area contributed by atoms with E-state index in [9.17, 15) is 13.6 Å². The third-order valence-corrected chi connectivity index (χ3v) is 2.62. The summed E-state index contributed by atoms with van der Waals surface area (Å²) in [7, 11) is 0. The zero-order valence-corrected chi connectivity index (χ0v) is 10.5. The van der Waals surface area contributed by atoms with E-state index in [0.717, 1.165) is 18.7 Å². The van der Waals surface area contributed by atoms with Crippen LogP contribution in [0.25, 0.3) is 0 Å². The number of anilines is 1. The molecule has 0 aromatic heterocycles. The van der Waals surface area contributed by atoms with Crippen LogP contribution in [0.5, 0.6) is 0 Å². The smallest absolute Gasteiger partial charge is 0.238 e. The quantitative estimate of drug-likeness (QED) is 0.867. The number of nitrogens with one attached hydrogen (secondary N) is 2. The number of carbonyl (C=O) groups is 1. The Balaban J connectivity index is 0.00000162. The van der Waals surface area contributed by atoms with Gasteiger partial charge in [0.25, 0.3) is 0 Å². The molecule has 1 aliphatic rings. The van der Waals surface area contributed by atoms with E-state index in [1.807, 2.05) is 0 Å². The minimum absolute atomic E-state index is 0. The second kappa shape index (κ2) is 6.66. The van der Waals surface area contributed by atoms with Gasteiger partial charge in [-0.2, -0.15) is 0 Å². The summed E-state index contributed by atoms with van der Waals surface area (Å²) in [6, 6.07) is 3.29. The molecule has 0 radical (unpaired) electrons. The van der Waals surface area contributed by atoms with Crippen molar-refractivity contribution in [2.75, 3.05) is 18.4 Å². The molecule has 0 atom stereocenters. The zero-order chi connectivity index (χ0) is 12.3. The fourth-order valence-electron chi connectivity index (χ4n) is 1.49. The second-order valence-electron chi connectivity index (χ2n) is 4.25. The molecule has 0 saturated heterocycles. The minimum Gasteiger partial charge on any atom is -0.325 e. The molecular formula is C12H15ClF2N2O. The topological polar surface area (TPSA) is 41.1 Å². The molecule has 0 bridgehead atoms. The lowest BCUT2D eigenvalue weighted by Gasteiger charge is -2.06. The number of hydrogen-bond donors (Lipinski definition) is 2. The Bertz CT molecular complexity index is 425. The van der Waals surface area contributed by atoms with Crippen molar-refractivity contribution in [2.24, 2.45) is 5.92 Å². The minimum atomic E-state index is -0.964. The summed E-state index contributed by atoms with van der Waals surface area (Å²) in [5, 5.41) is 5.51. The van der Waals surface area contributed by atoms with Gasteiger partial charge < -0.3 is 10.6 Å². The van der Waals surface area contributed by atoms with Crippen LogP contribution in [0.4, 0.5) is 14.5 Å². The van der Waals surface area contributed by atoms with Crippen LogP contribution in [0.1, 0.15) is 12.8 Å². The molecule has 0 spiro atoms. The third kappa shape index (κ3) is 4.58. The number of hydrogen-bond acceptors (Lipinski definition) is 2. The Morgan fingerprint density at radius 2 is 2.00 bits per heavy atom. The zero-order valence-electron chi connectivity index (χ0n) is 9.71. The maximum Gasteiger partial charge on any atom is 0.238 e. The molecule has 6 heteroatoms. The van der Waals surface area contributed by atoms with Gasteiger partial charge in [-0.1, -0.05) is 0 Å². The molecule has 3 nitrogen and oxygen atoms in total. The average Bonchev–Trinajstić information content (AvgIpc) is 3.07. The lowest BCUT2D eigenvalue weighted by molar-refractivity contribution is -0.115. The molecule has 0 aliphatic heterocycles. The van der Waals surface area contributed by atoms with Crippen molar-refractivity contribution in [1.29, 1.82) is 0 Å². The van der Waals surface area contributed by atoms with E-state index in [4.69, 9.17) is 0 Å². The van der Waals surface area contributed by atoms with Crippen LogP contribution < -0.4 is 10.6 Å². The largest absolute Gasteiger partial charge is 0.325 e. The first-order chi connectivity index (χ1) is 8.15. The van der Waals surface area contributed by atoms with Crippen LogP contribution in [0.2, 0.25) is 0 Å². The first-order valence-electron chi connectivity index (χ1n) is 5.61. The fourth-order valence-corrected chi connectivity index (χ4v) is 1.49. The van der Waals surface area contributed by atoms with Crippen LogP contribution in [0, 0.1) is 17.6 Å². The van der Waals surface area contributed by atoms with E-state index in [0.29, 0.717) is 5.92 Å². The molecule has 18 heavy (non-hydrogen) atoms. The SMILES string of the molecule is Cl.O=C(CNCC1CC1)Nc1ccc(F)c(F)c1. The molecule has 0 heterocycles. The second-order valence-corrected chi connectivity index (χ2v) is 4.25.